The van der Waals surface area contributed by atoms with Crippen molar-refractivity contribution in [2.45, 2.75) is 31.0 Å². The van der Waals surface area contributed by atoms with Crippen LogP contribution in [0.5, 0.6) is 0 Å². The minimum Gasteiger partial charge on any atom is -0.480 e. The smallest absolute Gasteiger partial charge is 0.321 e. The summed E-state index contributed by atoms with van der Waals surface area (Å²) in [6.07, 6.45) is 0. The van der Waals surface area contributed by atoms with Gasteiger partial charge in [-0.2, -0.15) is 0 Å². The van der Waals surface area contributed by atoms with Crippen LogP contribution in [0.3, 0.4) is 0 Å². The number of rotatable bonds is 2. The Labute approximate surface area is 98.4 Å². The molecule has 3 heteroatoms. The van der Waals surface area contributed by atoms with E-state index in [2.05, 4.69) is 36.7 Å². The normalized spacial score (nSPS) is 13.6. The van der Waals surface area contributed by atoms with Gasteiger partial charge in [0, 0.05) is 0 Å². The number of carboxylic acid groups (broad SMARTS) is 1. The van der Waals surface area contributed by atoms with Crippen LogP contribution in [0.4, 0.5) is 0 Å². The third-order valence-electron chi connectivity index (χ3n) is 2.26. The Balaban J connectivity index is 3.24. The van der Waals surface area contributed by atoms with Crippen molar-refractivity contribution >= 4 is 21.9 Å². The van der Waals surface area contributed by atoms with Gasteiger partial charge in [0.15, 0.2) is 0 Å². The molecular formula is C12H15BrO2. The van der Waals surface area contributed by atoms with Crippen molar-refractivity contribution in [3.05, 3.63) is 35.4 Å². The van der Waals surface area contributed by atoms with Crippen LogP contribution in [0.2, 0.25) is 0 Å². The number of aliphatic carboxylic acids is 1. The van der Waals surface area contributed by atoms with E-state index in [0.717, 1.165) is 11.1 Å². The first kappa shape index (κ1) is 12.2. The van der Waals surface area contributed by atoms with Crippen molar-refractivity contribution < 1.29 is 9.90 Å². The van der Waals surface area contributed by atoms with Crippen LogP contribution in [0.1, 0.15) is 36.7 Å². The maximum Gasteiger partial charge on any atom is 0.321 e. The zero-order chi connectivity index (χ0) is 11.6. The molecule has 1 aromatic carbocycles. The van der Waals surface area contributed by atoms with E-state index in [1.165, 1.54) is 0 Å². The number of alkyl halides is 1. The predicted octanol–water partition coefficient (Wildman–Crippen LogP) is 3.50. The highest BCUT2D eigenvalue weighted by atomic mass is 79.9. The van der Waals surface area contributed by atoms with Gasteiger partial charge in [-0.15, -0.1) is 0 Å². The molecule has 0 aliphatic heterocycles. The minimum atomic E-state index is -0.855. The van der Waals surface area contributed by atoms with E-state index in [-0.39, 0.29) is 5.41 Å². The maximum atomic E-state index is 10.9. The molecular weight excluding hydrogens is 256 g/mol. The average Bonchev–Trinajstić information content (AvgIpc) is 2.15. The lowest BCUT2D eigenvalue weighted by molar-refractivity contribution is -0.136. The van der Waals surface area contributed by atoms with Gasteiger partial charge in [-0.05, 0) is 16.5 Å². The van der Waals surface area contributed by atoms with Crippen LogP contribution in [0.25, 0.3) is 0 Å². The summed E-state index contributed by atoms with van der Waals surface area (Å²) in [5, 5.41) is 8.98. The lowest BCUT2D eigenvalue weighted by atomic mass is 9.83. The van der Waals surface area contributed by atoms with Crippen molar-refractivity contribution in [1.82, 2.24) is 0 Å². The monoisotopic (exact) mass is 270 g/mol. The summed E-state index contributed by atoms with van der Waals surface area (Å²) in [5.74, 6) is -0.855. The second kappa shape index (κ2) is 4.35. The molecule has 0 radical (unpaired) electrons. The zero-order valence-electron chi connectivity index (χ0n) is 9.12. The highest BCUT2D eigenvalue weighted by Gasteiger charge is 2.24. The maximum absolute atomic E-state index is 10.9. The molecule has 82 valence electrons. The summed E-state index contributed by atoms with van der Waals surface area (Å²) >= 11 is 3.19. The summed E-state index contributed by atoms with van der Waals surface area (Å²) in [7, 11) is 0. The fraction of sp³-hybridized carbons (Fsp3) is 0.417. The van der Waals surface area contributed by atoms with Gasteiger partial charge in [-0.3, -0.25) is 4.79 Å². The number of hydrogen-bond acceptors (Lipinski definition) is 1. The predicted molar refractivity (Wildman–Crippen MR) is 64.4 cm³/mol. The second-order valence-electron chi connectivity index (χ2n) is 4.54. The lowest BCUT2D eigenvalue weighted by Gasteiger charge is -2.23. The highest BCUT2D eigenvalue weighted by molar-refractivity contribution is 9.09. The SMILES string of the molecule is CC(C)(C)c1ccccc1C(Br)C(=O)O. The van der Waals surface area contributed by atoms with E-state index in [1.54, 1.807) is 0 Å². The third-order valence-corrected chi connectivity index (χ3v) is 3.14. The van der Waals surface area contributed by atoms with Gasteiger partial charge < -0.3 is 5.11 Å². The molecule has 0 amide bonds. The molecule has 1 rings (SSSR count). The lowest BCUT2D eigenvalue weighted by Crippen LogP contribution is -2.17. The van der Waals surface area contributed by atoms with Crippen molar-refractivity contribution in [2.75, 3.05) is 0 Å². The van der Waals surface area contributed by atoms with E-state index >= 15 is 0 Å². The van der Waals surface area contributed by atoms with Gasteiger partial charge in [0.1, 0.15) is 4.83 Å². The molecule has 15 heavy (non-hydrogen) atoms. The first-order valence-electron chi connectivity index (χ1n) is 4.80. The molecule has 0 aromatic heterocycles. The quantitative estimate of drug-likeness (QED) is 0.836. The van der Waals surface area contributed by atoms with Crippen LogP contribution >= 0.6 is 15.9 Å². The molecule has 0 spiro atoms. The standard InChI is InChI=1S/C12H15BrO2/c1-12(2,3)9-7-5-4-6-8(9)10(13)11(14)15/h4-7,10H,1-3H3,(H,14,15). The van der Waals surface area contributed by atoms with Crippen molar-refractivity contribution in [1.29, 1.82) is 0 Å². The third kappa shape index (κ3) is 2.81. The number of hydrogen-bond donors (Lipinski definition) is 1. The van der Waals surface area contributed by atoms with Crippen LogP contribution < -0.4 is 0 Å². The van der Waals surface area contributed by atoms with E-state index in [0.29, 0.717) is 0 Å². The van der Waals surface area contributed by atoms with E-state index < -0.39 is 10.8 Å². The van der Waals surface area contributed by atoms with E-state index in [4.69, 9.17) is 5.11 Å². The fourth-order valence-corrected chi connectivity index (χ4v) is 1.93. The molecule has 0 aliphatic rings. The average molecular weight is 271 g/mol. The van der Waals surface area contributed by atoms with Gasteiger partial charge >= 0.3 is 5.97 Å². The summed E-state index contributed by atoms with van der Waals surface area (Å²) in [4.78, 5) is 10.3. The largest absolute Gasteiger partial charge is 0.480 e. The molecule has 0 fully saturated rings. The second-order valence-corrected chi connectivity index (χ2v) is 5.45. The Morgan fingerprint density at radius 1 is 1.33 bits per heavy atom. The van der Waals surface area contributed by atoms with Crippen molar-refractivity contribution in [3.63, 3.8) is 0 Å². The Morgan fingerprint density at radius 3 is 2.33 bits per heavy atom. The molecule has 0 aliphatic carbocycles. The van der Waals surface area contributed by atoms with Gasteiger partial charge in [0.2, 0.25) is 0 Å². The van der Waals surface area contributed by atoms with Crippen molar-refractivity contribution in [2.24, 2.45) is 0 Å². The van der Waals surface area contributed by atoms with Crippen molar-refractivity contribution in [3.8, 4) is 0 Å². The minimum absolute atomic E-state index is 0.0436. The molecule has 0 heterocycles. The zero-order valence-corrected chi connectivity index (χ0v) is 10.7. The summed E-state index contributed by atoms with van der Waals surface area (Å²) in [6, 6.07) is 7.63. The molecule has 1 N–H and O–H groups in total. The van der Waals surface area contributed by atoms with Crippen LogP contribution in [0, 0.1) is 0 Å². The van der Waals surface area contributed by atoms with Crippen LogP contribution in [0.15, 0.2) is 24.3 Å². The molecule has 0 bridgehead atoms. The van der Waals surface area contributed by atoms with Gasteiger partial charge in [0.05, 0.1) is 0 Å². The number of benzene rings is 1. The summed E-state index contributed by atoms with van der Waals surface area (Å²) < 4.78 is 0. The van der Waals surface area contributed by atoms with Gasteiger partial charge in [-0.1, -0.05) is 61.0 Å². The summed E-state index contributed by atoms with van der Waals surface area (Å²) in [6.45, 7) is 6.23. The van der Waals surface area contributed by atoms with E-state index in [1.807, 2.05) is 24.3 Å². The van der Waals surface area contributed by atoms with Gasteiger partial charge in [-0.25, -0.2) is 0 Å². The van der Waals surface area contributed by atoms with E-state index in [9.17, 15) is 4.79 Å². The number of carboxylic acids is 1. The molecule has 1 unspecified atom stereocenters. The number of halogens is 1. The summed E-state index contributed by atoms with van der Waals surface area (Å²) in [5.41, 5.74) is 1.85. The molecule has 0 saturated carbocycles. The molecule has 0 saturated heterocycles. The Bertz CT molecular complexity index is 366. The first-order valence-corrected chi connectivity index (χ1v) is 5.72. The molecule has 1 aromatic rings. The molecule has 2 nitrogen and oxygen atoms in total. The first-order chi connectivity index (χ1) is 6.84. The Kier molecular flexibility index (Phi) is 3.55. The topological polar surface area (TPSA) is 37.3 Å². The van der Waals surface area contributed by atoms with Crippen LogP contribution in [-0.4, -0.2) is 11.1 Å². The van der Waals surface area contributed by atoms with Crippen LogP contribution in [-0.2, 0) is 10.2 Å². The number of carbonyl (C=O) groups is 1. The highest BCUT2D eigenvalue weighted by Crippen LogP contribution is 2.33. The van der Waals surface area contributed by atoms with Gasteiger partial charge in [0.25, 0.3) is 0 Å². The molecule has 1 atom stereocenters. The Hall–Kier alpha value is -0.830. The Morgan fingerprint density at radius 2 is 1.87 bits per heavy atom. The fourth-order valence-electron chi connectivity index (χ4n) is 1.53.